The van der Waals surface area contributed by atoms with E-state index in [2.05, 4.69) is 38.9 Å². The lowest BCUT2D eigenvalue weighted by Gasteiger charge is -2.36. The van der Waals surface area contributed by atoms with Gasteiger partial charge in [0, 0.05) is 25.6 Å². The van der Waals surface area contributed by atoms with Crippen LogP contribution in [0.2, 0.25) is 18.1 Å². The van der Waals surface area contributed by atoms with Crippen molar-refractivity contribution in [3.8, 4) is 5.75 Å². The lowest BCUT2D eigenvalue weighted by molar-refractivity contribution is 0.0650. The Morgan fingerprint density at radius 1 is 1.20 bits per heavy atom. The third-order valence-corrected chi connectivity index (χ3v) is 13.2. The molecule has 1 saturated heterocycles. The SMILES string of the molecule is C[C@@H](CO[Si](C)(C)C(C)(C)C)OC1=NC(C)(Oc2ccc(C(=O)N3CCC3)cc2F)N(c2ccccc2C(N)=O)S1. The molecule has 9 nitrogen and oxygen atoms in total. The van der Waals surface area contributed by atoms with Crippen LogP contribution >= 0.6 is 11.9 Å². The summed E-state index contributed by atoms with van der Waals surface area (Å²) >= 11 is 1.12. The van der Waals surface area contributed by atoms with Gasteiger partial charge in [-0.2, -0.15) is 4.99 Å². The molecule has 2 aromatic carbocycles. The molecule has 1 unspecified atom stereocenters. The fourth-order valence-electron chi connectivity index (χ4n) is 4.02. The Kier molecular flexibility index (Phi) is 8.77. The lowest BCUT2D eigenvalue weighted by Crippen LogP contribution is -2.44. The summed E-state index contributed by atoms with van der Waals surface area (Å²) in [5.74, 6) is -3.17. The van der Waals surface area contributed by atoms with Gasteiger partial charge in [0.1, 0.15) is 6.10 Å². The number of rotatable bonds is 9. The van der Waals surface area contributed by atoms with E-state index >= 15 is 4.39 Å². The van der Waals surface area contributed by atoms with Crippen LogP contribution in [0.5, 0.6) is 5.75 Å². The molecule has 2 aromatic rings. The van der Waals surface area contributed by atoms with Gasteiger partial charge in [-0.25, -0.2) is 8.70 Å². The average molecular weight is 603 g/mol. The van der Waals surface area contributed by atoms with E-state index in [-0.39, 0.29) is 39.2 Å². The second kappa shape index (κ2) is 11.7. The van der Waals surface area contributed by atoms with Crippen molar-refractivity contribution in [2.24, 2.45) is 10.7 Å². The van der Waals surface area contributed by atoms with Gasteiger partial charge >= 0.3 is 0 Å². The van der Waals surface area contributed by atoms with Gasteiger partial charge in [0.25, 0.3) is 22.9 Å². The Hall–Kier alpha value is -3.09. The molecule has 0 aromatic heterocycles. The molecule has 222 valence electrons. The summed E-state index contributed by atoms with van der Waals surface area (Å²) in [6.45, 7) is 16.1. The van der Waals surface area contributed by atoms with Crippen LogP contribution in [0.1, 0.15) is 61.8 Å². The summed E-state index contributed by atoms with van der Waals surface area (Å²) in [5, 5.41) is 0.316. The third kappa shape index (κ3) is 6.70. The Morgan fingerprint density at radius 3 is 2.46 bits per heavy atom. The number of carbonyl (C=O) groups excluding carboxylic acids is 2. The minimum absolute atomic E-state index is 0.0491. The molecule has 2 aliphatic heterocycles. The molecular weight excluding hydrogens is 563 g/mol. The molecule has 12 heteroatoms. The Labute approximate surface area is 246 Å². The fourth-order valence-corrected chi connectivity index (χ4v) is 6.18. The van der Waals surface area contributed by atoms with E-state index < -0.39 is 25.9 Å². The Morgan fingerprint density at radius 2 is 1.88 bits per heavy atom. The van der Waals surface area contributed by atoms with E-state index in [1.807, 2.05) is 6.92 Å². The van der Waals surface area contributed by atoms with Crippen molar-refractivity contribution in [3.63, 3.8) is 0 Å². The van der Waals surface area contributed by atoms with E-state index in [1.165, 1.54) is 18.2 Å². The van der Waals surface area contributed by atoms with Gasteiger partial charge in [0.05, 0.1) is 29.8 Å². The van der Waals surface area contributed by atoms with E-state index in [1.54, 1.807) is 40.4 Å². The van der Waals surface area contributed by atoms with E-state index in [0.717, 1.165) is 18.4 Å². The van der Waals surface area contributed by atoms with Gasteiger partial charge in [0.2, 0.25) is 0 Å². The predicted molar refractivity (Wildman–Crippen MR) is 162 cm³/mol. The van der Waals surface area contributed by atoms with Crippen molar-refractivity contribution >= 4 is 43.0 Å². The smallest absolute Gasteiger partial charge is 0.292 e. The van der Waals surface area contributed by atoms with Crippen molar-refractivity contribution in [2.45, 2.75) is 71.1 Å². The first-order chi connectivity index (χ1) is 19.1. The number of primary amides is 1. The van der Waals surface area contributed by atoms with E-state index in [4.69, 9.17) is 19.6 Å². The monoisotopic (exact) mass is 602 g/mol. The molecule has 4 rings (SSSR count). The maximum absolute atomic E-state index is 15.3. The van der Waals surface area contributed by atoms with Crippen molar-refractivity contribution in [3.05, 3.63) is 59.4 Å². The number of nitrogens with two attached hydrogens (primary N) is 1. The van der Waals surface area contributed by atoms with E-state index in [0.29, 0.717) is 25.4 Å². The number of anilines is 1. The minimum Gasteiger partial charge on any atom is -0.466 e. The predicted octanol–water partition coefficient (Wildman–Crippen LogP) is 5.77. The summed E-state index contributed by atoms with van der Waals surface area (Å²) in [6, 6.07) is 10.9. The number of amides is 2. The van der Waals surface area contributed by atoms with Crippen LogP contribution in [0.25, 0.3) is 0 Å². The van der Waals surface area contributed by atoms with E-state index in [9.17, 15) is 9.59 Å². The summed E-state index contributed by atoms with van der Waals surface area (Å²) in [5.41, 5.74) is 6.60. The molecule has 2 atom stereocenters. The number of nitrogens with zero attached hydrogens (tertiary/aromatic N) is 3. The average Bonchev–Trinajstić information content (AvgIpc) is 3.17. The van der Waals surface area contributed by atoms with Crippen LogP contribution < -0.4 is 14.8 Å². The van der Waals surface area contributed by atoms with Crippen LogP contribution in [-0.2, 0) is 9.16 Å². The first-order valence-corrected chi connectivity index (χ1v) is 17.3. The molecule has 0 bridgehead atoms. The molecule has 0 saturated carbocycles. The standard InChI is InChI=1S/C29H39FN4O5SSi/c1-19(18-37-41(6,7)28(2,3)4)38-27-32-29(5,34(40-27)23-12-9-8-11-21(23)25(31)35)39-24-14-13-20(17-22(24)30)26(36)33-15-10-16-33/h8-9,11-14,17,19H,10,15-16,18H2,1-7H3,(H2,31,35)/t19-,29?/m0/s1. The minimum atomic E-state index is -2.00. The highest BCUT2D eigenvalue weighted by molar-refractivity contribution is 8.15. The van der Waals surface area contributed by atoms with Crippen molar-refractivity contribution in [1.29, 1.82) is 0 Å². The highest BCUT2D eigenvalue weighted by Gasteiger charge is 2.45. The molecule has 2 N–H and O–H groups in total. The third-order valence-electron chi connectivity index (χ3n) is 7.65. The van der Waals surface area contributed by atoms with Gasteiger partial charge in [-0.1, -0.05) is 32.9 Å². The van der Waals surface area contributed by atoms with Gasteiger partial charge in [0.15, 0.2) is 19.9 Å². The molecule has 0 spiro atoms. The molecular formula is C29H39FN4O5SSi. The van der Waals surface area contributed by atoms with Crippen LogP contribution in [0.4, 0.5) is 10.1 Å². The van der Waals surface area contributed by atoms with Crippen LogP contribution in [0.15, 0.2) is 47.5 Å². The molecule has 0 radical (unpaired) electrons. The summed E-state index contributed by atoms with van der Waals surface area (Å²) in [4.78, 5) is 31.2. The molecule has 2 aliphatic rings. The molecule has 41 heavy (non-hydrogen) atoms. The van der Waals surface area contributed by atoms with Crippen LogP contribution in [-0.4, -0.2) is 61.9 Å². The zero-order valence-electron chi connectivity index (χ0n) is 24.7. The Balaban J connectivity index is 1.60. The van der Waals surface area contributed by atoms with Gasteiger partial charge in [-0.15, -0.1) is 0 Å². The summed E-state index contributed by atoms with van der Waals surface area (Å²) in [7, 11) is -2.00. The fraction of sp³-hybridized carbons (Fsp3) is 0.483. The zero-order chi connectivity index (χ0) is 30.2. The van der Waals surface area contributed by atoms with Gasteiger partial charge in [-0.3, -0.25) is 9.59 Å². The first kappa shape index (κ1) is 30.9. The normalized spacial score (nSPS) is 19.9. The highest BCUT2D eigenvalue weighted by Crippen LogP contribution is 2.43. The number of ether oxygens (including phenoxy) is 2. The second-order valence-corrected chi connectivity index (χ2v) is 17.7. The Bertz CT molecular complexity index is 1350. The lowest BCUT2D eigenvalue weighted by atomic mass is 10.1. The number of carbonyl (C=O) groups is 2. The number of hydrogen-bond donors (Lipinski definition) is 1. The molecule has 2 amide bonds. The molecule has 1 fully saturated rings. The number of hydrogen-bond acceptors (Lipinski definition) is 8. The maximum Gasteiger partial charge on any atom is 0.292 e. The van der Waals surface area contributed by atoms with Crippen molar-refractivity contribution < 1.29 is 27.9 Å². The topological polar surface area (TPSA) is 107 Å². The van der Waals surface area contributed by atoms with Crippen LogP contribution in [0, 0.1) is 5.82 Å². The van der Waals surface area contributed by atoms with Gasteiger partial charge < -0.3 is 24.5 Å². The molecule has 2 heterocycles. The maximum atomic E-state index is 15.3. The van der Waals surface area contributed by atoms with Crippen LogP contribution in [0.3, 0.4) is 0 Å². The largest absolute Gasteiger partial charge is 0.466 e. The number of halogens is 1. The zero-order valence-corrected chi connectivity index (χ0v) is 26.5. The summed E-state index contributed by atoms with van der Waals surface area (Å²) in [6.07, 6.45) is 0.604. The number of benzene rings is 2. The first-order valence-electron chi connectivity index (χ1n) is 13.7. The van der Waals surface area contributed by atoms with Crippen molar-refractivity contribution in [1.82, 2.24) is 4.90 Å². The highest BCUT2D eigenvalue weighted by atomic mass is 32.2. The molecule has 0 aliphatic carbocycles. The second-order valence-electron chi connectivity index (χ2n) is 12.0. The number of para-hydroxylation sites is 1. The number of likely N-dealkylation sites (tertiary alicyclic amines) is 1. The number of aliphatic imine (C=N–C) groups is 1. The summed E-state index contributed by atoms with van der Waals surface area (Å²) < 4.78 is 35.5. The quantitative estimate of drug-likeness (QED) is 0.287. The van der Waals surface area contributed by atoms with Crippen molar-refractivity contribution in [2.75, 3.05) is 24.0 Å². The van der Waals surface area contributed by atoms with Gasteiger partial charge in [-0.05, 0) is 61.8 Å².